The van der Waals surface area contributed by atoms with Crippen molar-refractivity contribution in [3.63, 3.8) is 0 Å². The third kappa shape index (κ3) is 3.17. The largest absolute Gasteiger partial charge is 0.491 e. The van der Waals surface area contributed by atoms with Crippen molar-refractivity contribution < 1.29 is 27.5 Å². The number of likely N-dealkylation sites (tertiary alicyclic amines) is 1. The Morgan fingerprint density at radius 2 is 1.75 bits per heavy atom. The molecule has 0 spiro atoms. The molecular weight excluding hydrogens is 229 g/mol. The van der Waals surface area contributed by atoms with Crippen molar-refractivity contribution in [2.24, 2.45) is 5.73 Å². The molecule has 16 heavy (non-hydrogen) atoms. The molecule has 1 aliphatic heterocycles. The van der Waals surface area contributed by atoms with E-state index < -0.39 is 24.3 Å². The number of alkyl halides is 3. The molecule has 0 aromatic heterocycles. The summed E-state index contributed by atoms with van der Waals surface area (Å²) in [7, 11) is 0. The fourth-order valence-electron chi connectivity index (χ4n) is 1.38. The number of ether oxygens (including phenoxy) is 1. The Balaban J connectivity index is 2.48. The number of rotatable bonds is 2. The van der Waals surface area contributed by atoms with Gasteiger partial charge >= 0.3 is 18.1 Å². The summed E-state index contributed by atoms with van der Waals surface area (Å²) in [6, 6.07) is 0. The van der Waals surface area contributed by atoms with Crippen molar-refractivity contribution in [3.05, 3.63) is 0 Å². The van der Waals surface area contributed by atoms with Gasteiger partial charge in [0.15, 0.2) is 6.17 Å². The van der Waals surface area contributed by atoms with E-state index in [0.717, 1.165) is 12.8 Å². The molecule has 0 aliphatic carbocycles. The van der Waals surface area contributed by atoms with Crippen molar-refractivity contribution in [2.75, 3.05) is 13.1 Å². The van der Waals surface area contributed by atoms with E-state index in [1.807, 2.05) is 0 Å². The zero-order valence-corrected chi connectivity index (χ0v) is 8.29. The maximum absolute atomic E-state index is 11.8. The number of esters is 2. The normalized spacial score (nSPS) is 19.5. The smallest absolute Gasteiger partial charge is 0.384 e. The molecule has 1 heterocycles. The first-order valence-corrected chi connectivity index (χ1v) is 4.65. The molecule has 0 aromatic carbocycles. The molecule has 1 saturated heterocycles. The topological polar surface area (TPSA) is 72.6 Å². The maximum Gasteiger partial charge on any atom is 0.491 e. The Kier molecular flexibility index (Phi) is 3.87. The van der Waals surface area contributed by atoms with Crippen molar-refractivity contribution in [1.82, 2.24) is 4.90 Å². The van der Waals surface area contributed by atoms with E-state index in [9.17, 15) is 22.8 Å². The number of carbonyl (C=O) groups excluding carboxylic acids is 2. The number of halogens is 3. The predicted octanol–water partition coefficient (Wildman–Crippen LogP) is -0.000900. The highest BCUT2D eigenvalue weighted by atomic mass is 19.4. The first-order chi connectivity index (χ1) is 7.32. The highest BCUT2D eigenvalue weighted by Crippen LogP contribution is 2.17. The zero-order chi connectivity index (χ0) is 12.3. The minimum absolute atomic E-state index is 0.510. The lowest BCUT2D eigenvalue weighted by Crippen LogP contribution is -2.48. The summed E-state index contributed by atoms with van der Waals surface area (Å²) in [5.74, 6) is -3.91. The SMILES string of the molecule is NC(C(=O)OC(=O)C(F)(F)F)N1CCCC1. The maximum atomic E-state index is 11.8. The average Bonchev–Trinajstić information content (AvgIpc) is 2.67. The number of nitrogens with zero attached hydrogens (tertiary/aromatic N) is 1. The fraction of sp³-hybridized carbons (Fsp3) is 0.750. The second-order valence-corrected chi connectivity index (χ2v) is 3.39. The predicted molar refractivity (Wildman–Crippen MR) is 45.9 cm³/mol. The molecule has 1 unspecified atom stereocenters. The van der Waals surface area contributed by atoms with Crippen molar-refractivity contribution >= 4 is 11.9 Å². The van der Waals surface area contributed by atoms with E-state index >= 15 is 0 Å². The van der Waals surface area contributed by atoms with Crippen LogP contribution in [0, 0.1) is 0 Å². The Bertz CT molecular complexity index is 287. The molecule has 1 aliphatic rings. The first-order valence-electron chi connectivity index (χ1n) is 4.65. The molecule has 5 nitrogen and oxygen atoms in total. The molecule has 0 aromatic rings. The van der Waals surface area contributed by atoms with Gasteiger partial charge in [-0.3, -0.25) is 4.90 Å². The molecule has 0 saturated carbocycles. The number of carbonyl (C=O) groups is 2. The molecule has 2 N–H and O–H groups in total. The Hall–Kier alpha value is -1.15. The summed E-state index contributed by atoms with van der Waals surface area (Å²) >= 11 is 0. The van der Waals surface area contributed by atoms with Crippen molar-refractivity contribution in [2.45, 2.75) is 25.2 Å². The number of nitrogens with two attached hydrogens (primary N) is 1. The van der Waals surface area contributed by atoms with E-state index in [-0.39, 0.29) is 0 Å². The van der Waals surface area contributed by atoms with Gasteiger partial charge in [-0.05, 0) is 12.8 Å². The van der Waals surface area contributed by atoms with Gasteiger partial charge in [-0.2, -0.15) is 13.2 Å². The lowest BCUT2D eigenvalue weighted by atomic mass is 10.4. The molecule has 92 valence electrons. The van der Waals surface area contributed by atoms with E-state index in [0.29, 0.717) is 13.1 Å². The van der Waals surface area contributed by atoms with Crippen LogP contribution in [0.15, 0.2) is 0 Å². The highest BCUT2D eigenvalue weighted by molar-refractivity contribution is 5.90. The first kappa shape index (κ1) is 12.9. The second-order valence-electron chi connectivity index (χ2n) is 3.39. The molecule has 1 rings (SSSR count). The minimum atomic E-state index is -5.18. The fourth-order valence-corrected chi connectivity index (χ4v) is 1.38. The van der Waals surface area contributed by atoms with Gasteiger partial charge in [-0.1, -0.05) is 0 Å². The van der Waals surface area contributed by atoms with Gasteiger partial charge in [-0.25, -0.2) is 9.59 Å². The Morgan fingerprint density at radius 1 is 1.25 bits per heavy atom. The molecule has 1 fully saturated rings. The van der Waals surface area contributed by atoms with E-state index in [2.05, 4.69) is 4.74 Å². The van der Waals surface area contributed by atoms with Gasteiger partial charge in [0.2, 0.25) is 0 Å². The monoisotopic (exact) mass is 240 g/mol. The van der Waals surface area contributed by atoms with Gasteiger partial charge in [0.1, 0.15) is 0 Å². The molecule has 0 radical (unpaired) electrons. The van der Waals surface area contributed by atoms with Crippen LogP contribution in [0.2, 0.25) is 0 Å². The molecule has 0 amide bonds. The summed E-state index contributed by atoms with van der Waals surface area (Å²) < 4.78 is 38.9. The van der Waals surface area contributed by atoms with Gasteiger partial charge in [0, 0.05) is 13.1 Å². The van der Waals surface area contributed by atoms with Crippen molar-refractivity contribution in [3.8, 4) is 0 Å². The van der Waals surface area contributed by atoms with Crippen molar-refractivity contribution in [1.29, 1.82) is 0 Å². The minimum Gasteiger partial charge on any atom is -0.384 e. The van der Waals surface area contributed by atoms with Gasteiger partial charge in [0.05, 0.1) is 0 Å². The van der Waals surface area contributed by atoms with Crippen LogP contribution in [-0.4, -0.2) is 42.3 Å². The van der Waals surface area contributed by atoms with Crippen LogP contribution in [-0.2, 0) is 14.3 Å². The van der Waals surface area contributed by atoms with Crippen LogP contribution in [0.25, 0.3) is 0 Å². The number of hydrogen-bond donors (Lipinski definition) is 1. The lowest BCUT2D eigenvalue weighted by molar-refractivity contribution is -0.203. The Morgan fingerprint density at radius 3 is 2.19 bits per heavy atom. The molecular formula is C8H11F3N2O3. The quantitative estimate of drug-likeness (QED) is 0.543. The Labute approximate surface area is 89.3 Å². The molecule has 8 heteroatoms. The molecule has 0 bridgehead atoms. The number of hydrogen-bond acceptors (Lipinski definition) is 5. The third-order valence-electron chi connectivity index (χ3n) is 2.20. The third-order valence-corrected chi connectivity index (χ3v) is 2.20. The summed E-state index contributed by atoms with van der Waals surface area (Å²) in [4.78, 5) is 22.9. The highest BCUT2D eigenvalue weighted by Gasteiger charge is 2.43. The van der Waals surface area contributed by atoms with Crippen LogP contribution in [0.3, 0.4) is 0 Å². The van der Waals surface area contributed by atoms with Gasteiger partial charge in [-0.15, -0.1) is 0 Å². The second kappa shape index (κ2) is 4.79. The molecule has 1 atom stereocenters. The van der Waals surface area contributed by atoms with Crippen LogP contribution in [0.4, 0.5) is 13.2 Å². The van der Waals surface area contributed by atoms with E-state index in [1.54, 1.807) is 0 Å². The lowest BCUT2D eigenvalue weighted by Gasteiger charge is -2.21. The van der Waals surface area contributed by atoms with Gasteiger partial charge in [0.25, 0.3) is 0 Å². The summed E-state index contributed by atoms with van der Waals surface area (Å²) in [6.45, 7) is 1.02. The van der Waals surface area contributed by atoms with Crippen LogP contribution in [0.5, 0.6) is 0 Å². The van der Waals surface area contributed by atoms with Crippen LogP contribution >= 0.6 is 0 Å². The summed E-state index contributed by atoms with van der Waals surface area (Å²) in [5, 5.41) is 0. The van der Waals surface area contributed by atoms with Crippen LogP contribution < -0.4 is 5.73 Å². The van der Waals surface area contributed by atoms with E-state index in [4.69, 9.17) is 5.73 Å². The zero-order valence-electron chi connectivity index (χ0n) is 8.29. The standard InChI is InChI=1S/C8H11F3N2O3/c9-8(10,11)7(15)16-6(14)5(12)13-3-1-2-4-13/h5H,1-4,12H2. The van der Waals surface area contributed by atoms with Crippen LogP contribution in [0.1, 0.15) is 12.8 Å². The summed E-state index contributed by atoms with van der Waals surface area (Å²) in [5.41, 5.74) is 5.35. The van der Waals surface area contributed by atoms with E-state index in [1.165, 1.54) is 4.90 Å². The summed E-state index contributed by atoms with van der Waals surface area (Å²) in [6.07, 6.45) is -4.86. The average molecular weight is 240 g/mol. The van der Waals surface area contributed by atoms with Gasteiger partial charge < -0.3 is 10.5 Å².